The summed E-state index contributed by atoms with van der Waals surface area (Å²) in [5, 5.41) is 1.09. The molecule has 0 amide bonds. The Morgan fingerprint density at radius 2 is 1.77 bits per heavy atom. The number of para-hydroxylation sites is 1. The molecule has 0 fully saturated rings. The Morgan fingerprint density at radius 3 is 2.52 bits per heavy atom. The molecule has 6 heteroatoms. The van der Waals surface area contributed by atoms with Crippen LogP contribution in [0.15, 0.2) is 58.0 Å². The molecule has 31 heavy (non-hydrogen) atoms. The number of nitrogens with zero attached hydrogens (tertiary/aromatic N) is 1. The molecule has 0 aliphatic carbocycles. The Kier molecular flexibility index (Phi) is 8.36. The van der Waals surface area contributed by atoms with Gasteiger partial charge in [-0.15, -0.1) is 0 Å². The fourth-order valence-electron chi connectivity index (χ4n) is 3.51. The van der Waals surface area contributed by atoms with Crippen molar-refractivity contribution in [1.82, 2.24) is 9.29 Å². The van der Waals surface area contributed by atoms with Crippen LogP contribution in [-0.4, -0.2) is 19.5 Å². The topological polar surface area (TPSA) is 51.1 Å². The summed E-state index contributed by atoms with van der Waals surface area (Å²) in [7, 11) is -3.53. The highest BCUT2D eigenvalue weighted by atomic mass is 79.9. The zero-order chi connectivity index (χ0) is 22.3. The Morgan fingerprint density at radius 1 is 1.03 bits per heavy atom. The van der Waals surface area contributed by atoms with Crippen LogP contribution in [0.5, 0.6) is 0 Å². The van der Waals surface area contributed by atoms with Crippen LogP contribution in [0.1, 0.15) is 50.2 Å². The van der Waals surface area contributed by atoms with Crippen LogP contribution in [0.2, 0.25) is 0 Å². The summed E-state index contributed by atoms with van der Waals surface area (Å²) in [6.45, 7) is 4.45. The number of halogens is 1. The molecule has 3 aromatic rings. The highest BCUT2D eigenvalue weighted by Crippen LogP contribution is 2.30. The quantitative estimate of drug-likeness (QED) is 0.288. The molecule has 0 aliphatic heterocycles. The van der Waals surface area contributed by atoms with Crippen molar-refractivity contribution in [3.63, 3.8) is 0 Å². The second kappa shape index (κ2) is 11.0. The smallest absolute Gasteiger partial charge is 0.240 e. The summed E-state index contributed by atoms with van der Waals surface area (Å²) >= 11 is 3.71. The number of aromatic nitrogens is 1. The fraction of sp³-hybridized carbons (Fsp3) is 0.360. The number of hydrogen-bond donors (Lipinski definition) is 1. The summed E-state index contributed by atoms with van der Waals surface area (Å²) in [4.78, 5) is 0.286. The lowest BCUT2D eigenvalue weighted by Crippen LogP contribution is -2.26. The highest BCUT2D eigenvalue weighted by Gasteiger charge is 2.17. The molecule has 3 rings (SSSR count). The Hall–Kier alpha value is -2.07. The van der Waals surface area contributed by atoms with Gasteiger partial charge in [0.2, 0.25) is 10.0 Å². The zero-order valence-corrected chi connectivity index (χ0v) is 20.5. The second-order valence-corrected chi connectivity index (χ2v) is 10.2. The second-order valence-electron chi connectivity index (χ2n) is 7.68. The van der Waals surface area contributed by atoms with Gasteiger partial charge in [-0.1, -0.05) is 68.0 Å². The first-order valence-electron chi connectivity index (χ1n) is 10.8. The molecule has 2 aromatic carbocycles. The van der Waals surface area contributed by atoms with E-state index in [1.807, 2.05) is 29.7 Å². The van der Waals surface area contributed by atoms with Gasteiger partial charge in [0.1, 0.15) is 4.60 Å². The van der Waals surface area contributed by atoms with Crippen LogP contribution < -0.4 is 4.72 Å². The Labute approximate surface area is 194 Å². The van der Waals surface area contributed by atoms with Crippen molar-refractivity contribution in [2.75, 3.05) is 6.54 Å². The molecule has 1 aromatic heterocycles. The molecule has 0 saturated heterocycles. The van der Waals surface area contributed by atoms with E-state index in [0.717, 1.165) is 39.5 Å². The molecular formula is C25H29BrN2O2S. The van der Waals surface area contributed by atoms with Crippen LogP contribution in [0.4, 0.5) is 0 Å². The first-order chi connectivity index (χ1) is 14.9. The normalized spacial score (nSPS) is 11.5. The number of unbranched alkanes of at least 4 members (excludes halogenated alkanes) is 4. The number of rotatable bonds is 9. The van der Waals surface area contributed by atoms with E-state index in [1.54, 1.807) is 24.3 Å². The maximum absolute atomic E-state index is 12.6. The molecule has 0 spiro atoms. The molecule has 0 saturated carbocycles. The van der Waals surface area contributed by atoms with E-state index in [0.29, 0.717) is 13.0 Å². The molecule has 0 aliphatic rings. The van der Waals surface area contributed by atoms with Gasteiger partial charge in [-0.3, -0.25) is 4.57 Å². The van der Waals surface area contributed by atoms with Crippen LogP contribution in [0, 0.1) is 18.9 Å². The lowest BCUT2D eigenvalue weighted by atomic mass is 10.1. The number of benzene rings is 2. The standard InChI is InChI=1S/C25H29BrN2O2S/c1-3-4-5-6-7-10-19-28-24-12-9-8-11-22(24)23(25(28)26)17-18-27-31(29,30)21-15-13-20(2)14-16-21/h8-9,11-16,27H,3-7,17-18H2,1-2H3. The van der Waals surface area contributed by atoms with Crippen LogP contribution >= 0.6 is 15.9 Å². The summed E-state index contributed by atoms with van der Waals surface area (Å²) < 4.78 is 30.8. The van der Waals surface area contributed by atoms with Crippen molar-refractivity contribution in [2.24, 2.45) is 0 Å². The molecule has 1 heterocycles. The first kappa shape index (κ1) is 23.6. The third kappa shape index (κ3) is 6.00. The van der Waals surface area contributed by atoms with Crippen molar-refractivity contribution in [3.8, 4) is 12.0 Å². The number of sulfonamides is 1. The third-order valence-electron chi connectivity index (χ3n) is 5.26. The fourth-order valence-corrected chi connectivity index (χ4v) is 5.23. The van der Waals surface area contributed by atoms with E-state index in [4.69, 9.17) is 0 Å². The van der Waals surface area contributed by atoms with E-state index < -0.39 is 10.0 Å². The van der Waals surface area contributed by atoms with Gasteiger partial charge >= 0.3 is 0 Å². The summed E-state index contributed by atoms with van der Waals surface area (Å²) in [5.74, 6) is 3.28. The largest absolute Gasteiger partial charge is 0.262 e. The molecule has 0 atom stereocenters. The van der Waals surface area contributed by atoms with Crippen LogP contribution in [-0.2, 0) is 16.4 Å². The van der Waals surface area contributed by atoms with Gasteiger partial charge < -0.3 is 0 Å². The zero-order valence-electron chi connectivity index (χ0n) is 18.1. The van der Waals surface area contributed by atoms with Crippen molar-refractivity contribution in [3.05, 3.63) is 64.3 Å². The molecule has 4 nitrogen and oxygen atoms in total. The monoisotopic (exact) mass is 500 g/mol. The lowest BCUT2D eigenvalue weighted by Gasteiger charge is -2.07. The Balaban J connectivity index is 1.74. The van der Waals surface area contributed by atoms with E-state index >= 15 is 0 Å². The maximum atomic E-state index is 12.6. The van der Waals surface area contributed by atoms with Crippen molar-refractivity contribution in [2.45, 2.75) is 57.3 Å². The minimum absolute atomic E-state index is 0.286. The van der Waals surface area contributed by atoms with Crippen molar-refractivity contribution < 1.29 is 8.42 Å². The minimum atomic E-state index is -3.53. The van der Waals surface area contributed by atoms with E-state index in [-0.39, 0.29) is 4.90 Å². The average molecular weight is 501 g/mol. The van der Waals surface area contributed by atoms with Gasteiger partial charge in [0.25, 0.3) is 0 Å². The average Bonchev–Trinajstić information content (AvgIpc) is 3.02. The highest BCUT2D eigenvalue weighted by molar-refractivity contribution is 9.10. The van der Waals surface area contributed by atoms with Gasteiger partial charge in [0.05, 0.1) is 10.4 Å². The molecular weight excluding hydrogens is 472 g/mol. The van der Waals surface area contributed by atoms with Gasteiger partial charge in [0.15, 0.2) is 0 Å². The van der Waals surface area contributed by atoms with Crippen LogP contribution in [0.25, 0.3) is 10.9 Å². The molecule has 164 valence electrons. The number of fused-ring (bicyclic) bond motifs is 1. The molecule has 0 bridgehead atoms. The molecule has 1 N–H and O–H groups in total. The van der Waals surface area contributed by atoms with Gasteiger partial charge in [-0.25, -0.2) is 13.1 Å². The third-order valence-corrected chi connectivity index (χ3v) is 7.57. The first-order valence-corrected chi connectivity index (χ1v) is 13.0. The van der Waals surface area contributed by atoms with Crippen molar-refractivity contribution in [1.29, 1.82) is 0 Å². The predicted molar refractivity (Wildman–Crippen MR) is 132 cm³/mol. The van der Waals surface area contributed by atoms with Crippen molar-refractivity contribution >= 4 is 36.9 Å². The van der Waals surface area contributed by atoms with Crippen LogP contribution in [0.3, 0.4) is 0 Å². The van der Waals surface area contributed by atoms with E-state index in [1.165, 1.54) is 19.3 Å². The Bertz CT molecular complexity index is 1190. The van der Waals surface area contributed by atoms with Gasteiger partial charge in [0, 0.05) is 24.4 Å². The van der Waals surface area contributed by atoms with E-state index in [2.05, 4.69) is 45.6 Å². The summed E-state index contributed by atoms with van der Waals surface area (Å²) in [6.07, 6.45) is 6.25. The SMILES string of the molecule is CCCCCCC#Cn1c(Br)c(CCNS(=O)(=O)c2ccc(C)cc2)c2ccccc21. The maximum Gasteiger partial charge on any atom is 0.240 e. The van der Waals surface area contributed by atoms with Gasteiger partial charge in [-0.2, -0.15) is 0 Å². The summed E-state index contributed by atoms with van der Waals surface area (Å²) in [6, 6.07) is 18.3. The molecule has 0 unspecified atom stereocenters. The van der Waals surface area contributed by atoms with E-state index in [9.17, 15) is 8.42 Å². The molecule has 0 radical (unpaired) electrons. The number of aryl methyl sites for hydroxylation is 1. The lowest BCUT2D eigenvalue weighted by molar-refractivity contribution is 0.581. The minimum Gasteiger partial charge on any atom is -0.262 e. The number of hydrogen-bond acceptors (Lipinski definition) is 2. The summed E-state index contributed by atoms with van der Waals surface area (Å²) in [5.41, 5.74) is 3.12. The van der Waals surface area contributed by atoms with Gasteiger partial charge in [-0.05, 0) is 59.5 Å². The number of nitrogens with one attached hydrogen (secondary N) is 1. The predicted octanol–water partition coefficient (Wildman–Crippen LogP) is 6.01.